The lowest BCUT2D eigenvalue weighted by atomic mass is 10.1. The second-order valence-corrected chi connectivity index (χ2v) is 8.07. The summed E-state index contributed by atoms with van der Waals surface area (Å²) in [6, 6.07) is 9.98. The highest BCUT2D eigenvalue weighted by molar-refractivity contribution is 9.10. The number of methoxy groups -OCH3 is 1. The quantitative estimate of drug-likeness (QED) is 0.240. The molecule has 0 saturated carbocycles. The van der Waals surface area contributed by atoms with Crippen molar-refractivity contribution in [2.24, 2.45) is 5.10 Å². The molecule has 0 bridgehead atoms. The van der Waals surface area contributed by atoms with E-state index in [9.17, 15) is 20.2 Å². The Balaban J connectivity index is 1.65. The fourth-order valence-corrected chi connectivity index (χ4v) is 3.52. The summed E-state index contributed by atoms with van der Waals surface area (Å²) in [6.07, 6.45) is 1.25. The van der Waals surface area contributed by atoms with Crippen LogP contribution in [0.4, 0.5) is 5.69 Å². The van der Waals surface area contributed by atoms with Crippen LogP contribution in [0.15, 0.2) is 44.3 Å². The summed E-state index contributed by atoms with van der Waals surface area (Å²) in [5.41, 5.74) is 4.60. The van der Waals surface area contributed by atoms with E-state index in [2.05, 4.69) is 31.4 Å². The third-order valence-corrected chi connectivity index (χ3v) is 5.78. The highest BCUT2D eigenvalue weighted by Crippen LogP contribution is 2.32. The van der Waals surface area contributed by atoms with Crippen molar-refractivity contribution in [3.63, 3.8) is 0 Å². The number of rotatable bonds is 9. The van der Waals surface area contributed by atoms with E-state index in [-0.39, 0.29) is 29.5 Å². The number of nitro groups is 1. The van der Waals surface area contributed by atoms with E-state index >= 15 is 0 Å². The van der Waals surface area contributed by atoms with Gasteiger partial charge in [-0.3, -0.25) is 14.9 Å². The van der Waals surface area contributed by atoms with Crippen molar-refractivity contribution in [2.45, 2.75) is 20.5 Å². The Morgan fingerprint density at radius 3 is 2.83 bits per heavy atom. The number of nitrogens with one attached hydrogen (secondary N) is 1. The van der Waals surface area contributed by atoms with Gasteiger partial charge in [0.05, 0.1) is 29.0 Å². The molecule has 0 unspecified atom stereocenters. The summed E-state index contributed by atoms with van der Waals surface area (Å²) >= 11 is 3.38. The van der Waals surface area contributed by atoms with Gasteiger partial charge < -0.3 is 13.9 Å². The largest absolute Gasteiger partial charge is 0.467 e. The van der Waals surface area contributed by atoms with Crippen LogP contribution in [0.2, 0.25) is 0 Å². The standard InChI is InChI=1S/C23H20BrN5O6/c1-13-4-6-16(19(8-13)29(31)32)20-7-5-15(35-20)10-26-28-21(30)12-34-23-17(9-25)18(11-33-3)22(24)14(2)27-23/h4-8,10H,11-12H2,1-3H3,(H,28,30). The summed E-state index contributed by atoms with van der Waals surface area (Å²) in [5.74, 6) is -0.0193. The minimum absolute atomic E-state index is 0.00903. The molecule has 0 radical (unpaired) electrons. The van der Waals surface area contributed by atoms with Crippen molar-refractivity contribution >= 4 is 33.7 Å². The molecule has 1 amide bonds. The second kappa shape index (κ2) is 11.4. The topological polar surface area (TPSA) is 153 Å². The van der Waals surface area contributed by atoms with Gasteiger partial charge in [0, 0.05) is 23.2 Å². The number of hydrogen-bond acceptors (Lipinski definition) is 9. The van der Waals surface area contributed by atoms with Crippen LogP contribution in [0.5, 0.6) is 5.88 Å². The van der Waals surface area contributed by atoms with Gasteiger partial charge in [-0.25, -0.2) is 10.4 Å². The third-order valence-electron chi connectivity index (χ3n) is 4.73. The maximum atomic E-state index is 12.1. The number of benzene rings is 1. The van der Waals surface area contributed by atoms with E-state index in [4.69, 9.17) is 13.9 Å². The molecule has 0 fully saturated rings. The average Bonchev–Trinajstić information content (AvgIpc) is 3.29. The molecule has 3 rings (SSSR count). The van der Waals surface area contributed by atoms with Crippen molar-refractivity contribution in [3.8, 4) is 23.3 Å². The Bertz CT molecular complexity index is 1340. The Labute approximate surface area is 208 Å². The van der Waals surface area contributed by atoms with E-state index in [0.717, 1.165) is 5.56 Å². The van der Waals surface area contributed by atoms with Gasteiger partial charge in [-0.2, -0.15) is 10.4 Å². The highest BCUT2D eigenvalue weighted by atomic mass is 79.9. The Kier molecular flexibility index (Phi) is 8.30. The first-order valence-electron chi connectivity index (χ1n) is 10.1. The van der Waals surface area contributed by atoms with Crippen LogP contribution in [0, 0.1) is 35.3 Å². The number of amides is 1. The zero-order chi connectivity index (χ0) is 25.5. The molecule has 0 atom stereocenters. The number of furan rings is 1. The molecule has 180 valence electrons. The number of hydrogen-bond donors (Lipinski definition) is 1. The molecule has 1 aromatic carbocycles. The molecule has 3 aromatic rings. The lowest BCUT2D eigenvalue weighted by molar-refractivity contribution is -0.384. The SMILES string of the molecule is COCc1c(Br)c(C)nc(OCC(=O)NN=Cc2ccc(-c3ccc(C)cc3[N+](=O)[O-])o2)c1C#N. The predicted octanol–water partition coefficient (Wildman–Crippen LogP) is 4.18. The van der Waals surface area contributed by atoms with E-state index in [0.29, 0.717) is 27.1 Å². The molecule has 1 N–H and O–H groups in total. The predicted molar refractivity (Wildman–Crippen MR) is 129 cm³/mol. The van der Waals surface area contributed by atoms with Crippen molar-refractivity contribution in [2.75, 3.05) is 13.7 Å². The Hall–Kier alpha value is -4.08. The molecule has 0 spiro atoms. The van der Waals surface area contributed by atoms with E-state index in [1.54, 1.807) is 38.1 Å². The van der Waals surface area contributed by atoms with Crippen LogP contribution in [0.3, 0.4) is 0 Å². The zero-order valence-corrected chi connectivity index (χ0v) is 20.6. The normalized spacial score (nSPS) is 10.8. The van der Waals surface area contributed by atoms with Crippen molar-refractivity contribution in [1.29, 1.82) is 5.26 Å². The van der Waals surface area contributed by atoms with Gasteiger partial charge in [0.15, 0.2) is 6.61 Å². The first-order chi connectivity index (χ1) is 16.7. The number of nitriles is 1. The van der Waals surface area contributed by atoms with E-state index < -0.39 is 17.4 Å². The van der Waals surface area contributed by atoms with Crippen LogP contribution >= 0.6 is 15.9 Å². The number of nitro benzene ring substituents is 1. The molecule has 0 aliphatic rings. The van der Waals surface area contributed by atoms with Crippen molar-refractivity contribution < 1.29 is 23.6 Å². The van der Waals surface area contributed by atoms with Crippen molar-refractivity contribution in [3.05, 3.63) is 73.1 Å². The molecular formula is C23H20BrN5O6. The maximum Gasteiger partial charge on any atom is 0.280 e. The number of nitrogens with zero attached hydrogens (tertiary/aromatic N) is 4. The Morgan fingerprint density at radius 1 is 1.37 bits per heavy atom. The lowest BCUT2D eigenvalue weighted by Crippen LogP contribution is -2.25. The first-order valence-corrected chi connectivity index (χ1v) is 10.9. The molecule has 0 saturated heterocycles. The number of halogens is 1. The van der Waals surface area contributed by atoms with Crippen LogP contribution < -0.4 is 10.2 Å². The second-order valence-electron chi connectivity index (χ2n) is 7.28. The summed E-state index contributed by atoms with van der Waals surface area (Å²) in [4.78, 5) is 27.2. The molecule has 11 nitrogen and oxygen atoms in total. The van der Waals surface area contributed by atoms with Crippen LogP contribution in [-0.4, -0.2) is 35.7 Å². The molecule has 0 aliphatic carbocycles. The van der Waals surface area contributed by atoms with Crippen LogP contribution in [0.25, 0.3) is 11.3 Å². The minimum atomic E-state index is -0.596. The van der Waals surface area contributed by atoms with Gasteiger partial charge in [0.25, 0.3) is 11.6 Å². The molecule has 2 aromatic heterocycles. The molecule has 2 heterocycles. The van der Waals surface area contributed by atoms with Crippen LogP contribution in [-0.2, 0) is 16.1 Å². The molecule has 0 aliphatic heterocycles. The van der Waals surface area contributed by atoms with Gasteiger partial charge in [0.2, 0.25) is 5.88 Å². The average molecular weight is 542 g/mol. The van der Waals surface area contributed by atoms with Crippen LogP contribution in [0.1, 0.15) is 28.1 Å². The maximum absolute atomic E-state index is 12.1. The molecular weight excluding hydrogens is 522 g/mol. The lowest BCUT2D eigenvalue weighted by Gasteiger charge is -2.13. The van der Waals surface area contributed by atoms with Gasteiger partial charge in [-0.1, -0.05) is 6.07 Å². The first kappa shape index (κ1) is 25.5. The highest BCUT2D eigenvalue weighted by Gasteiger charge is 2.19. The summed E-state index contributed by atoms with van der Waals surface area (Å²) < 4.78 is 16.8. The van der Waals surface area contributed by atoms with Gasteiger partial charge >= 0.3 is 0 Å². The summed E-state index contributed by atoms with van der Waals surface area (Å²) in [5, 5.41) is 24.6. The van der Waals surface area contributed by atoms with Gasteiger partial charge in [0.1, 0.15) is 23.2 Å². The van der Waals surface area contributed by atoms with Gasteiger partial charge in [-0.05, 0) is 53.5 Å². The van der Waals surface area contributed by atoms with Gasteiger partial charge in [-0.15, -0.1) is 0 Å². The van der Waals surface area contributed by atoms with E-state index in [1.165, 1.54) is 19.4 Å². The zero-order valence-electron chi connectivity index (χ0n) is 19.0. The number of ether oxygens (including phenoxy) is 2. The third kappa shape index (κ3) is 6.08. The number of aryl methyl sites for hydroxylation is 2. The summed E-state index contributed by atoms with van der Waals surface area (Å²) in [6.45, 7) is 3.21. The Morgan fingerprint density at radius 2 is 2.14 bits per heavy atom. The number of hydrazone groups is 1. The fourth-order valence-electron chi connectivity index (χ4n) is 3.12. The van der Waals surface area contributed by atoms with E-state index in [1.807, 2.05) is 6.07 Å². The monoisotopic (exact) mass is 541 g/mol. The number of pyridine rings is 1. The van der Waals surface area contributed by atoms with Crippen molar-refractivity contribution in [1.82, 2.24) is 10.4 Å². The number of carbonyl (C=O) groups is 1. The summed E-state index contributed by atoms with van der Waals surface area (Å²) in [7, 11) is 1.50. The smallest absolute Gasteiger partial charge is 0.280 e. The molecule has 35 heavy (non-hydrogen) atoms. The minimum Gasteiger partial charge on any atom is -0.467 e. The number of aromatic nitrogens is 1. The molecule has 12 heteroatoms. The fraction of sp³-hybridized carbons (Fsp3) is 0.217. The number of carbonyl (C=O) groups excluding carboxylic acids is 1.